The fourth-order valence-corrected chi connectivity index (χ4v) is 3.71. The summed E-state index contributed by atoms with van der Waals surface area (Å²) in [5.74, 6) is 0.291. The second kappa shape index (κ2) is 8.29. The number of nitrogens with one attached hydrogen (secondary N) is 1. The fourth-order valence-electron chi connectivity index (χ4n) is 3.71. The molecule has 162 valence electrons. The van der Waals surface area contributed by atoms with E-state index in [0.29, 0.717) is 17.4 Å². The third-order valence-corrected chi connectivity index (χ3v) is 5.25. The molecule has 3 heterocycles. The van der Waals surface area contributed by atoms with E-state index >= 15 is 0 Å². The predicted molar refractivity (Wildman–Crippen MR) is 110 cm³/mol. The minimum Gasteiger partial charge on any atom is -0.406 e. The SMILES string of the molecule is N=C(c1ccnc(N2CCC(n3cccn3)CC2)c1)c1cc(OC(F)(F)F)ccc1N. The summed E-state index contributed by atoms with van der Waals surface area (Å²) in [6.07, 6.45) is 2.32. The third kappa shape index (κ3) is 4.79. The standard InChI is InChI=1S/C21H21F3N6O/c22-21(23,24)31-16-2-3-18(25)17(13-16)20(26)14-4-8-27-19(12-14)29-10-5-15(6-11-29)30-9-1-7-28-30/h1-4,7-9,12-13,15,26H,5-6,10-11,25H2. The van der Waals surface area contributed by atoms with Crippen molar-refractivity contribution in [3.63, 3.8) is 0 Å². The van der Waals surface area contributed by atoms with Crippen LogP contribution in [-0.4, -0.2) is 39.9 Å². The summed E-state index contributed by atoms with van der Waals surface area (Å²) >= 11 is 0. The Kier molecular flexibility index (Phi) is 5.53. The Morgan fingerprint density at radius 1 is 1.13 bits per heavy atom. The van der Waals surface area contributed by atoms with Crippen LogP contribution in [0.2, 0.25) is 0 Å². The monoisotopic (exact) mass is 430 g/mol. The number of halogens is 3. The van der Waals surface area contributed by atoms with Gasteiger partial charge in [0.1, 0.15) is 11.6 Å². The molecule has 7 nitrogen and oxygen atoms in total. The maximum atomic E-state index is 12.5. The van der Waals surface area contributed by atoms with E-state index < -0.39 is 12.1 Å². The van der Waals surface area contributed by atoms with Crippen molar-refractivity contribution in [3.8, 4) is 5.75 Å². The Morgan fingerprint density at radius 3 is 2.58 bits per heavy atom. The lowest BCUT2D eigenvalue weighted by Gasteiger charge is -2.33. The van der Waals surface area contributed by atoms with Gasteiger partial charge in [-0.05, 0) is 49.2 Å². The van der Waals surface area contributed by atoms with Gasteiger partial charge in [-0.15, -0.1) is 13.2 Å². The zero-order valence-corrected chi connectivity index (χ0v) is 16.5. The van der Waals surface area contributed by atoms with Gasteiger partial charge in [0, 0.05) is 48.5 Å². The molecular weight excluding hydrogens is 409 g/mol. The van der Waals surface area contributed by atoms with Crippen LogP contribution >= 0.6 is 0 Å². The van der Waals surface area contributed by atoms with E-state index in [2.05, 4.69) is 19.7 Å². The normalized spacial score (nSPS) is 15.1. The molecule has 1 saturated heterocycles. The molecule has 0 radical (unpaired) electrons. The number of pyridine rings is 1. The summed E-state index contributed by atoms with van der Waals surface area (Å²) in [4.78, 5) is 6.55. The highest BCUT2D eigenvalue weighted by Crippen LogP contribution is 2.29. The number of ether oxygens (including phenoxy) is 1. The van der Waals surface area contributed by atoms with Gasteiger partial charge in [0.15, 0.2) is 0 Å². The molecule has 0 atom stereocenters. The lowest BCUT2D eigenvalue weighted by molar-refractivity contribution is -0.274. The molecule has 1 aromatic carbocycles. The topological polar surface area (TPSA) is 93.0 Å². The van der Waals surface area contributed by atoms with Crippen LogP contribution < -0.4 is 15.4 Å². The summed E-state index contributed by atoms with van der Waals surface area (Å²) in [6, 6.07) is 9.19. The van der Waals surface area contributed by atoms with Gasteiger partial charge in [0.2, 0.25) is 0 Å². The Bertz CT molecular complexity index is 1060. The lowest BCUT2D eigenvalue weighted by Crippen LogP contribution is -2.35. The van der Waals surface area contributed by atoms with E-state index in [9.17, 15) is 13.2 Å². The first-order valence-electron chi connectivity index (χ1n) is 9.75. The van der Waals surface area contributed by atoms with Crippen LogP contribution in [0.5, 0.6) is 5.75 Å². The second-order valence-electron chi connectivity index (χ2n) is 7.28. The molecule has 10 heteroatoms. The van der Waals surface area contributed by atoms with Gasteiger partial charge in [-0.3, -0.25) is 10.1 Å². The summed E-state index contributed by atoms with van der Waals surface area (Å²) in [6.45, 7) is 1.57. The van der Waals surface area contributed by atoms with Crippen molar-refractivity contribution in [3.05, 3.63) is 66.1 Å². The number of nitrogens with zero attached hydrogens (tertiary/aromatic N) is 4. The van der Waals surface area contributed by atoms with Gasteiger partial charge < -0.3 is 15.4 Å². The van der Waals surface area contributed by atoms with E-state index in [-0.39, 0.29) is 17.0 Å². The zero-order chi connectivity index (χ0) is 22.0. The van der Waals surface area contributed by atoms with Crippen LogP contribution in [0, 0.1) is 5.41 Å². The van der Waals surface area contributed by atoms with E-state index in [1.54, 1.807) is 24.5 Å². The molecule has 0 saturated carbocycles. The molecule has 1 aliphatic heterocycles. The summed E-state index contributed by atoms with van der Waals surface area (Å²) in [5.41, 5.74) is 6.79. The summed E-state index contributed by atoms with van der Waals surface area (Å²) < 4.78 is 43.6. The van der Waals surface area contributed by atoms with E-state index in [1.165, 1.54) is 6.07 Å². The number of anilines is 2. The van der Waals surface area contributed by atoms with Gasteiger partial charge in [-0.25, -0.2) is 4.98 Å². The van der Waals surface area contributed by atoms with Crippen molar-refractivity contribution >= 4 is 17.2 Å². The number of piperidine rings is 1. The van der Waals surface area contributed by atoms with Crippen molar-refractivity contribution in [2.75, 3.05) is 23.7 Å². The van der Waals surface area contributed by atoms with Crippen molar-refractivity contribution < 1.29 is 17.9 Å². The summed E-state index contributed by atoms with van der Waals surface area (Å²) in [7, 11) is 0. The molecule has 2 aromatic heterocycles. The fraction of sp³-hybridized carbons (Fsp3) is 0.286. The molecule has 0 spiro atoms. The largest absolute Gasteiger partial charge is 0.573 e. The Balaban J connectivity index is 1.51. The van der Waals surface area contributed by atoms with Crippen LogP contribution in [0.1, 0.15) is 30.0 Å². The van der Waals surface area contributed by atoms with Crippen LogP contribution in [-0.2, 0) is 0 Å². The highest BCUT2D eigenvalue weighted by atomic mass is 19.4. The van der Waals surface area contributed by atoms with Crippen molar-refractivity contribution in [2.24, 2.45) is 0 Å². The first kappa shape index (κ1) is 20.7. The molecule has 0 amide bonds. The highest BCUT2D eigenvalue weighted by molar-refractivity contribution is 6.14. The number of nitrogen functional groups attached to an aromatic ring is 1. The van der Waals surface area contributed by atoms with Crippen molar-refractivity contribution in [1.29, 1.82) is 5.41 Å². The van der Waals surface area contributed by atoms with E-state index in [1.807, 2.05) is 16.9 Å². The number of benzene rings is 1. The van der Waals surface area contributed by atoms with Crippen LogP contribution in [0.15, 0.2) is 55.0 Å². The molecular formula is C21H21F3N6O. The number of nitrogens with two attached hydrogens (primary N) is 1. The number of hydrogen-bond donors (Lipinski definition) is 2. The molecule has 31 heavy (non-hydrogen) atoms. The van der Waals surface area contributed by atoms with Crippen LogP contribution in [0.25, 0.3) is 0 Å². The Labute approximate surface area is 176 Å². The number of alkyl halides is 3. The maximum absolute atomic E-state index is 12.5. The molecule has 0 aliphatic carbocycles. The van der Waals surface area contributed by atoms with E-state index in [4.69, 9.17) is 11.1 Å². The second-order valence-corrected chi connectivity index (χ2v) is 7.28. The average Bonchev–Trinajstić information content (AvgIpc) is 3.29. The third-order valence-electron chi connectivity index (χ3n) is 5.25. The van der Waals surface area contributed by atoms with Gasteiger partial charge >= 0.3 is 6.36 Å². The molecule has 0 unspecified atom stereocenters. The first-order chi connectivity index (χ1) is 14.8. The van der Waals surface area contributed by atoms with Gasteiger partial charge in [-0.2, -0.15) is 5.10 Å². The molecule has 4 rings (SSSR count). The average molecular weight is 430 g/mol. The van der Waals surface area contributed by atoms with Gasteiger partial charge in [0.05, 0.1) is 11.8 Å². The minimum atomic E-state index is -4.82. The van der Waals surface area contributed by atoms with E-state index in [0.717, 1.165) is 38.1 Å². The van der Waals surface area contributed by atoms with Gasteiger partial charge in [0.25, 0.3) is 0 Å². The number of hydrogen-bond acceptors (Lipinski definition) is 6. The molecule has 0 bridgehead atoms. The number of aromatic nitrogens is 3. The van der Waals surface area contributed by atoms with Crippen molar-refractivity contribution in [1.82, 2.24) is 14.8 Å². The number of rotatable bonds is 5. The van der Waals surface area contributed by atoms with Gasteiger partial charge in [-0.1, -0.05) is 0 Å². The quantitative estimate of drug-likeness (QED) is 0.471. The molecule has 1 fully saturated rings. The minimum absolute atomic E-state index is 0.000187. The molecule has 3 aromatic rings. The van der Waals surface area contributed by atoms with Crippen LogP contribution in [0.3, 0.4) is 0 Å². The highest BCUT2D eigenvalue weighted by Gasteiger charge is 2.31. The smallest absolute Gasteiger partial charge is 0.406 e. The predicted octanol–water partition coefficient (Wildman–Crippen LogP) is 4.02. The van der Waals surface area contributed by atoms with Crippen LogP contribution in [0.4, 0.5) is 24.7 Å². The molecule has 1 aliphatic rings. The Morgan fingerprint density at radius 2 is 1.90 bits per heavy atom. The zero-order valence-electron chi connectivity index (χ0n) is 16.5. The maximum Gasteiger partial charge on any atom is 0.573 e. The van der Waals surface area contributed by atoms with Crippen molar-refractivity contribution in [2.45, 2.75) is 25.2 Å². The lowest BCUT2D eigenvalue weighted by atomic mass is 10.0. The Hall–Kier alpha value is -3.56. The molecule has 3 N–H and O–H groups in total. The summed E-state index contributed by atoms with van der Waals surface area (Å²) in [5, 5.41) is 12.8. The first-order valence-corrected chi connectivity index (χ1v) is 9.75.